The predicted molar refractivity (Wildman–Crippen MR) is 78.3 cm³/mol. The molecule has 1 N–H and O–H groups in total. The molecule has 0 aliphatic carbocycles. The third kappa shape index (κ3) is 2.01. The Hall–Kier alpha value is -1.46. The van der Waals surface area contributed by atoms with Crippen LogP contribution in [-0.4, -0.2) is 46.1 Å². The number of hydrogen-bond donors (Lipinski definition) is 1. The smallest absolute Gasteiger partial charge is 0.113 e. The van der Waals surface area contributed by atoms with Crippen LogP contribution in [0.25, 0.3) is 11.0 Å². The summed E-state index contributed by atoms with van der Waals surface area (Å²) in [5.74, 6) is 0. The van der Waals surface area contributed by atoms with Crippen molar-refractivity contribution < 1.29 is 0 Å². The van der Waals surface area contributed by atoms with E-state index in [4.69, 9.17) is 0 Å². The van der Waals surface area contributed by atoms with E-state index >= 15 is 0 Å². The molecular weight excluding hydrogens is 250 g/mol. The molecule has 2 aromatic rings. The molecule has 0 saturated carbocycles. The van der Waals surface area contributed by atoms with Crippen molar-refractivity contribution in [2.24, 2.45) is 12.5 Å². The fourth-order valence-electron chi connectivity index (χ4n) is 3.75. The molecule has 1 spiro atoms. The van der Waals surface area contributed by atoms with Crippen molar-refractivity contribution >= 4 is 11.0 Å². The number of aromatic nitrogens is 3. The lowest BCUT2D eigenvalue weighted by Gasteiger charge is -2.22. The van der Waals surface area contributed by atoms with Gasteiger partial charge in [-0.3, -0.25) is 4.90 Å². The fourth-order valence-corrected chi connectivity index (χ4v) is 3.75. The minimum atomic E-state index is 0.552. The van der Waals surface area contributed by atoms with E-state index in [2.05, 4.69) is 38.7 Å². The molecule has 1 unspecified atom stereocenters. The van der Waals surface area contributed by atoms with Gasteiger partial charge in [-0.05, 0) is 49.0 Å². The number of hydrogen-bond acceptors (Lipinski definition) is 4. The minimum absolute atomic E-state index is 0.552. The first-order valence-corrected chi connectivity index (χ1v) is 7.46. The van der Waals surface area contributed by atoms with Crippen molar-refractivity contribution in [3.8, 4) is 0 Å². The summed E-state index contributed by atoms with van der Waals surface area (Å²) < 4.78 is 1.83. The SMILES string of the molecule is Cn1nnc2cc(CN3CCC4(CCNC4)C3)ccc21. The fraction of sp³-hybridized carbons (Fsp3) is 0.600. The lowest BCUT2D eigenvalue weighted by molar-refractivity contribution is 0.269. The van der Waals surface area contributed by atoms with Gasteiger partial charge in [0.2, 0.25) is 0 Å². The van der Waals surface area contributed by atoms with Gasteiger partial charge in [-0.2, -0.15) is 0 Å². The molecule has 2 fully saturated rings. The number of likely N-dealkylation sites (tertiary alicyclic amines) is 1. The Bertz CT molecular complexity index is 626. The van der Waals surface area contributed by atoms with E-state index in [0.29, 0.717) is 5.41 Å². The van der Waals surface area contributed by atoms with Crippen molar-refractivity contribution in [1.29, 1.82) is 0 Å². The Kier molecular flexibility index (Phi) is 2.79. The summed E-state index contributed by atoms with van der Waals surface area (Å²) in [5, 5.41) is 11.8. The standard InChI is InChI=1S/C15H21N5/c1-19-14-3-2-12(8-13(14)17-18-19)9-20-7-5-15(11-20)4-6-16-10-15/h2-3,8,16H,4-7,9-11H2,1H3. The van der Waals surface area contributed by atoms with Gasteiger partial charge < -0.3 is 5.32 Å². The quantitative estimate of drug-likeness (QED) is 0.890. The van der Waals surface area contributed by atoms with E-state index in [-0.39, 0.29) is 0 Å². The summed E-state index contributed by atoms with van der Waals surface area (Å²) in [6.45, 7) is 5.89. The highest BCUT2D eigenvalue weighted by molar-refractivity contribution is 5.74. The Morgan fingerprint density at radius 3 is 3.15 bits per heavy atom. The maximum absolute atomic E-state index is 4.21. The molecule has 20 heavy (non-hydrogen) atoms. The zero-order valence-corrected chi connectivity index (χ0v) is 12.0. The summed E-state index contributed by atoms with van der Waals surface area (Å²) in [7, 11) is 1.94. The Labute approximate surface area is 118 Å². The molecule has 2 saturated heterocycles. The van der Waals surface area contributed by atoms with E-state index in [1.54, 1.807) is 0 Å². The maximum Gasteiger partial charge on any atom is 0.113 e. The van der Waals surface area contributed by atoms with Crippen LogP contribution in [0.1, 0.15) is 18.4 Å². The highest BCUT2D eigenvalue weighted by Crippen LogP contribution is 2.36. The van der Waals surface area contributed by atoms with Crippen molar-refractivity contribution in [2.45, 2.75) is 19.4 Å². The van der Waals surface area contributed by atoms with Crippen LogP contribution in [0.15, 0.2) is 18.2 Å². The minimum Gasteiger partial charge on any atom is -0.316 e. The van der Waals surface area contributed by atoms with E-state index in [9.17, 15) is 0 Å². The van der Waals surface area contributed by atoms with Gasteiger partial charge >= 0.3 is 0 Å². The molecule has 0 radical (unpaired) electrons. The van der Waals surface area contributed by atoms with Crippen LogP contribution in [0, 0.1) is 5.41 Å². The van der Waals surface area contributed by atoms with Gasteiger partial charge in [-0.15, -0.1) is 5.10 Å². The second-order valence-corrected chi connectivity index (χ2v) is 6.42. The Morgan fingerprint density at radius 2 is 2.30 bits per heavy atom. The van der Waals surface area contributed by atoms with Crippen LogP contribution in [0.4, 0.5) is 0 Å². The molecule has 5 heteroatoms. The summed E-state index contributed by atoms with van der Waals surface area (Å²) in [4.78, 5) is 2.59. The maximum atomic E-state index is 4.21. The third-order valence-corrected chi connectivity index (χ3v) is 4.93. The van der Waals surface area contributed by atoms with Gasteiger partial charge in [0.25, 0.3) is 0 Å². The van der Waals surface area contributed by atoms with Crippen LogP contribution < -0.4 is 5.32 Å². The molecule has 4 rings (SSSR count). The summed E-state index contributed by atoms with van der Waals surface area (Å²) in [6, 6.07) is 6.53. The number of aryl methyl sites for hydroxylation is 1. The average Bonchev–Trinajstić information content (AvgIpc) is 3.15. The van der Waals surface area contributed by atoms with Crippen molar-refractivity contribution in [2.75, 3.05) is 26.2 Å². The van der Waals surface area contributed by atoms with Crippen molar-refractivity contribution in [3.63, 3.8) is 0 Å². The highest BCUT2D eigenvalue weighted by Gasteiger charge is 2.39. The van der Waals surface area contributed by atoms with Gasteiger partial charge in [0.1, 0.15) is 5.52 Å². The van der Waals surface area contributed by atoms with Crippen LogP contribution in [0.3, 0.4) is 0 Å². The lowest BCUT2D eigenvalue weighted by atomic mass is 9.86. The molecule has 2 aliphatic rings. The first-order valence-electron chi connectivity index (χ1n) is 7.46. The van der Waals surface area contributed by atoms with E-state index in [0.717, 1.165) is 17.6 Å². The molecule has 0 bridgehead atoms. The normalized spacial score (nSPS) is 27.1. The molecule has 1 aromatic heterocycles. The van der Waals surface area contributed by atoms with Crippen molar-refractivity contribution in [1.82, 2.24) is 25.2 Å². The van der Waals surface area contributed by atoms with Crippen LogP contribution >= 0.6 is 0 Å². The summed E-state index contributed by atoms with van der Waals surface area (Å²) in [5.41, 5.74) is 4.01. The molecule has 1 atom stereocenters. The second kappa shape index (κ2) is 4.53. The number of rotatable bonds is 2. The highest BCUT2D eigenvalue weighted by atomic mass is 15.4. The average molecular weight is 271 g/mol. The van der Waals surface area contributed by atoms with Gasteiger partial charge in [-0.1, -0.05) is 11.3 Å². The predicted octanol–water partition coefficient (Wildman–Crippen LogP) is 1.15. The first kappa shape index (κ1) is 12.3. The molecular formula is C15H21N5. The van der Waals surface area contributed by atoms with Gasteiger partial charge in [-0.25, -0.2) is 4.68 Å². The summed E-state index contributed by atoms with van der Waals surface area (Å²) >= 11 is 0. The van der Waals surface area contributed by atoms with Crippen LogP contribution in [-0.2, 0) is 13.6 Å². The summed E-state index contributed by atoms with van der Waals surface area (Å²) in [6.07, 6.45) is 2.68. The van der Waals surface area contributed by atoms with Gasteiger partial charge in [0.05, 0.1) is 5.52 Å². The zero-order chi connectivity index (χ0) is 13.6. The Morgan fingerprint density at radius 1 is 1.35 bits per heavy atom. The molecule has 5 nitrogen and oxygen atoms in total. The number of fused-ring (bicyclic) bond motifs is 1. The third-order valence-electron chi connectivity index (χ3n) is 4.93. The number of nitrogens with one attached hydrogen (secondary N) is 1. The second-order valence-electron chi connectivity index (χ2n) is 6.42. The lowest BCUT2D eigenvalue weighted by Crippen LogP contribution is -2.28. The largest absolute Gasteiger partial charge is 0.316 e. The number of benzene rings is 1. The first-order chi connectivity index (χ1) is 9.74. The topological polar surface area (TPSA) is 46.0 Å². The molecule has 2 aliphatic heterocycles. The van der Waals surface area contributed by atoms with Gasteiger partial charge in [0.15, 0.2) is 0 Å². The molecule has 0 amide bonds. The molecule has 1 aromatic carbocycles. The molecule has 3 heterocycles. The Balaban J connectivity index is 1.50. The number of nitrogens with zero attached hydrogens (tertiary/aromatic N) is 4. The van der Waals surface area contributed by atoms with E-state index in [1.807, 2.05) is 11.7 Å². The van der Waals surface area contributed by atoms with Crippen LogP contribution in [0.2, 0.25) is 0 Å². The zero-order valence-electron chi connectivity index (χ0n) is 12.0. The monoisotopic (exact) mass is 271 g/mol. The molecule has 106 valence electrons. The van der Waals surface area contributed by atoms with Gasteiger partial charge in [0, 0.05) is 26.7 Å². The van der Waals surface area contributed by atoms with Crippen LogP contribution in [0.5, 0.6) is 0 Å². The van der Waals surface area contributed by atoms with E-state index in [1.165, 1.54) is 44.6 Å². The van der Waals surface area contributed by atoms with E-state index < -0.39 is 0 Å². The van der Waals surface area contributed by atoms with Crippen molar-refractivity contribution in [3.05, 3.63) is 23.8 Å².